The summed E-state index contributed by atoms with van der Waals surface area (Å²) < 4.78 is 134. The van der Waals surface area contributed by atoms with Crippen LogP contribution in [0, 0.1) is 0 Å². The van der Waals surface area contributed by atoms with E-state index in [0.29, 0.717) is 0 Å². The van der Waals surface area contributed by atoms with Crippen LogP contribution < -0.4 is 0 Å². The van der Waals surface area contributed by atoms with Gasteiger partial charge in [-0.2, -0.15) is 39.5 Å². The van der Waals surface area contributed by atoms with E-state index in [1.165, 1.54) is 0 Å². The largest absolute Gasteiger partial charge is 0.459 e. The van der Waals surface area contributed by atoms with E-state index >= 15 is 0 Å². The summed E-state index contributed by atoms with van der Waals surface area (Å²) in [6.45, 7) is -0.368. The zero-order valence-electron chi connectivity index (χ0n) is 9.07. The Bertz CT molecular complexity index is 308. The van der Waals surface area contributed by atoms with Gasteiger partial charge in [-0.1, -0.05) is 0 Å². The number of hydrogen-bond donors (Lipinski definition) is 0. The third-order valence-corrected chi connectivity index (χ3v) is 2.21. The van der Waals surface area contributed by atoms with Crippen LogP contribution in [-0.4, -0.2) is 29.9 Å². The summed E-state index contributed by atoms with van der Waals surface area (Å²) >= 11 is 0. The Morgan fingerprint density at radius 3 is 1.16 bits per heavy atom. The van der Waals surface area contributed by atoms with E-state index in [9.17, 15) is 48.3 Å². The van der Waals surface area contributed by atoms with Crippen LogP contribution in [0.5, 0.6) is 0 Å². The summed E-state index contributed by atoms with van der Waals surface area (Å²) in [5.74, 6) is -22.5. The van der Waals surface area contributed by atoms with Crippen molar-refractivity contribution in [1.82, 2.24) is 0 Å². The van der Waals surface area contributed by atoms with Crippen LogP contribution in [0.2, 0.25) is 0 Å². The van der Waals surface area contributed by atoms with Gasteiger partial charge in [-0.3, -0.25) is 0 Å². The smallest absolute Gasteiger partial charge is 0.200 e. The molecule has 0 radical (unpaired) electrons. The maximum Gasteiger partial charge on any atom is 0.459 e. The second-order valence-corrected chi connectivity index (χ2v) is 3.87. The lowest BCUT2D eigenvalue weighted by atomic mass is 10.00. The Labute approximate surface area is 99.1 Å². The molecule has 0 aromatic rings. The molecule has 0 unspecified atom stereocenters. The molecule has 0 nitrogen and oxygen atoms in total. The van der Waals surface area contributed by atoms with Crippen molar-refractivity contribution in [2.75, 3.05) is 0 Å². The summed E-state index contributed by atoms with van der Waals surface area (Å²) in [5, 5.41) is 0. The van der Waals surface area contributed by atoms with Crippen molar-refractivity contribution < 1.29 is 48.3 Å². The van der Waals surface area contributed by atoms with Crippen molar-refractivity contribution in [3.05, 3.63) is 0 Å². The minimum atomic E-state index is -6.68. The second-order valence-electron chi connectivity index (χ2n) is 3.87. The van der Waals surface area contributed by atoms with Gasteiger partial charge in [0.2, 0.25) is 0 Å². The van der Waals surface area contributed by atoms with Gasteiger partial charge in [0.05, 0.1) is 0 Å². The van der Waals surface area contributed by atoms with Crippen LogP contribution >= 0.6 is 0 Å². The highest BCUT2D eigenvalue weighted by molar-refractivity contribution is 4.93. The van der Waals surface area contributed by atoms with Crippen molar-refractivity contribution in [3.8, 4) is 0 Å². The van der Waals surface area contributed by atoms with Crippen molar-refractivity contribution in [3.63, 3.8) is 0 Å². The molecular formula is C8H7F11. The summed E-state index contributed by atoms with van der Waals surface area (Å²) in [4.78, 5) is 0. The van der Waals surface area contributed by atoms with E-state index in [1.54, 1.807) is 0 Å². The molecule has 0 rings (SSSR count). The Balaban J connectivity index is 5.01. The van der Waals surface area contributed by atoms with Crippen molar-refractivity contribution in [2.45, 2.75) is 49.6 Å². The van der Waals surface area contributed by atoms with E-state index < -0.39 is 42.7 Å². The standard InChI is InChI=1S/C8H7F11/c1-4(9,10)5(11,12)2-3-6(13,14)7(15,16)8(17,18)19/h2-3H2,1H3. The number of hydrogen-bond acceptors (Lipinski definition) is 0. The maximum absolute atomic E-state index is 12.6. The zero-order valence-corrected chi connectivity index (χ0v) is 9.07. The zero-order chi connectivity index (χ0) is 15.9. The fourth-order valence-electron chi connectivity index (χ4n) is 0.898. The highest BCUT2D eigenvalue weighted by atomic mass is 19.4. The van der Waals surface area contributed by atoms with Crippen LogP contribution in [0.4, 0.5) is 48.3 Å². The van der Waals surface area contributed by atoms with E-state index in [2.05, 4.69) is 0 Å². The normalized spacial score (nSPS) is 15.8. The molecule has 0 saturated carbocycles. The monoisotopic (exact) mass is 312 g/mol. The molecule has 19 heavy (non-hydrogen) atoms. The molecule has 0 aliphatic heterocycles. The van der Waals surface area contributed by atoms with Gasteiger partial charge in [0.15, 0.2) is 0 Å². The molecule has 0 amide bonds. The average Bonchev–Trinajstić information content (AvgIpc) is 2.11. The molecule has 0 spiro atoms. The lowest BCUT2D eigenvalue weighted by molar-refractivity contribution is -0.358. The molecular weight excluding hydrogens is 305 g/mol. The van der Waals surface area contributed by atoms with Crippen LogP contribution in [-0.2, 0) is 0 Å². The van der Waals surface area contributed by atoms with Gasteiger partial charge < -0.3 is 0 Å². The van der Waals surface area contributed by atoms with Crippen molar-refractivity contribution in [2.24, 2.45) is 0 Å². The fraction of sp³-hybridized carbons (Fsp3) is 1.00. The first-order valence-electron chi connectivity index (χ1n) is 4.54. The molecule has 0 atom stereocenters. The Morgan fingerprint density at radius 2 is 0.895 bits per heavy atom. The minimum absolute atomic E-state index is 0.368. The van der Waals surface area contributed by atoms with E-state index in [0.717, 1.165) is 0 Å². The molecule has 116 valence electrons. The lowest BCUT2D eigenvalue weighted by Gasteiger charge is -2.30. The quantitative estimate of drug-likeness (QED) is 0.634. The minimum Gasteiger partial charge on any atom is -0.200 e. The molecule has 0 heterocycles. The first kappa shape index (κ1) is 18.2. The van der Waals surface area contributed by atoms with Gasteiger partial charge >= 0.3 is 29.9 Å². The number of halogens is 11. The second kappa shape index (κ2) is 4.65. The molecule has 0 aliphatic rings. The van der Waals surface area contributed by atoms with Crippen molar-refractivity contribution in [1.29, 1.82) is 0 Å². The van der Waals surface area contributed by atoms with Crippen LogP contribution in [0.25, 0.3) is 0 Å². The van der Waals surface area contributed by atoms with Crippen LogP contribution in [0.1, 0.15) is 19.8 Å². The lowest BCUT2D eigenvalue weighted by Crippen LogP contribution is -2.52. The molecule has 0 aromatic carbocycles. The summed E-state index contributed by atoms with van der Waals surface area (Å²) in [5.41, 5.74) is 0. The summed E-state index contributed by atoms with van der Waals surface area (Å²) in [6, 6.07) is 0. The first-order valence-corrected chi connectivity index (χ1v) is 4.54. The van der Waals surface area contributed by atoms with Gasteiger partial charge in [-0.05, 0) is 0 Å². The topological polar surface area (TPSA) is 0 Å². The molecule has 0 aromatic heterocycles. The Hall–Kier alpha value is -0.770. The highest BCUT2D eigenvalue weighted by Gasteiger charge is 2.73. The van der Waals surface area contributed by atoms with E-state index in [-0.39, 0.29) is 6.92 Å². The third-order valence-electron chi connectivity index (χ3n) is 2.21. The van der Waals surface area contributed by atoms with Gasteiger partial charge in [0, 0.05) is 19.8 Å². The summed E-state index contributed by atoms with van der Waals surface area (Å²) in [7, 11) is 0. The Kier molecular flexibility index (Phi) is 4.46. The van der Waals surface area contributed by atoms with Gasteiger partial charge in [-0.15, -0.1) is 0 Å². The molecule has 0 N–H and O–H groups in total. The molecule has 0 fully saturated rings. The van der Waals surface area contributed by atoms with E-state index in [4.69, 9.17) is 0 Å². The molecule has 0 bridgehead atoms. The third kappa shape index (κ3) is 3.62. The van der Waals surface area contributed by atoms with Gasteiger partial charge in [-0.25, -0.2) is 8.78 Å². The molecule has 0 aliphatic carbocycles. The van der Waals surface area contributed by atoms with E-state index in [1.807, 2.05) is 0 Å². The van der Waals surface area contributed by atoms with Gasteiger partial charge in [0.25, 0.3) is 0 Å². The predicted molar refractivity (Wildman–Crippen MR) is 40.8 cm³/mol. The molecule has 11 heteroatoms. The first-order chi connectivity index (χ1) is 7.96. The highest BCUT2D eigenvalue weighted by Crippen LogP contribution is 2.50. The van der Waals surface area contributed by atoms with Gasteiger partial charge in [0.1, 0.15) is 0 Å². The van der Waals surface area contributed by atoms with Crippen LogP contribution in [0.15, 0.2) is 0 Å². The number of alkyl halides is 11. The predicted octanol–water partition coefficient (Wildman–Crippen LogP) is 4.89. The Morgan fingerprint density at radius 1 is 0.579 bits per heavy atom. The average molecular weight is 312 g/mol. The van der Waals surface area contributed by atoms with Crippen LogP contribution in [0.3, 0.4) is 0 Å². The fourth-order valence-corrected chi connectivity index (χ4v) is 0.898. The summed E-state index contributed by atoms with van der Waals surface area (Å²) in [6.07, 6.45) is -11.9. The number of rotatable bonds is 5. The SMILES string of the molecule is CC(F)(F)C(F)(F)CCC(F)(F)C(F)(F)C(F)(F)F. The molecule has 0 saturated heterocycles. The maximum atomic E-state index is 12.6. The van der Waals surface area contributed by atoms with Crippen molar-refractivity contribution >= 4 is 0 Å².